The van der Waals surface area contributed by atoms with Crippen molar-refractivity contribution in [1.82, 2.24) is 5.32 Å². The summed E-state index contributed by atoms with van der Waals surface area (Å²) < 4.78 is 17.2. The molecule has 0 aliphatic heterocycles. The molecule has 0 amide bonds. The normalized spacial score (nSPS) is 11.1. The van der Waals surface area contributed by atoms with Crippen molar-refractivity contribution in [2.75, 3.05) is 33.5 Å². The van der Waals surface area contributed by atoms with Gasteiger partial charge in [0, 0.05) is 38.3 Å². The number of halogens is 1. The minimum atomic E-state index is 0.450. The average molecular weight is 360 g/mol. The lowest BCUT2D eigenvalue weighted by Gasteiger charge is -2.15. The maximum absolute atomic E-state index is 5.91. The van der Waals surface area contributed by atoms with Gasteiger partial charge in [-0.2, -0.15) is 0 Å². The first-order chi connectivity index (χ1) is 10.1. The van der Waals surface area contributed by atoms with E-state index in [4.69, 9.17) is 14.2 Å². The van der Waals surface area contributed by atoms with E-state index < -0.39 is 0 Å². The number of methoxy groups -OCH3 is 1. The van der Waals surface area contributed by atoms with E-state index >= 15 is 0 Å². The van der Waals surface area contributed by atoms with Crippen molar-refractivity contribution in [3.05, 3.63) is 28.2 Å². The van der Waals surface area contributed by atoms with Gasteiger partial charge in [-0.05, 0) is 22.0 Å². The van der Waals surface area contributed by atoms with Crippen LogP contribution in [-0.2, 0) is 16.0 Å². The van der Waals surface area contributed by atoms with Gasteiger partial charge in [0.2, 0.25) is 0 Å². The summed E-state index contributed by atoms with van der Waals surface area (Å²) in [6.45, 7) is 7.67. The molecule has 0 spiro atoms. The molecule has 1 aromatic carbocycles. The monoisotopic (exact) mass is 359 g/mol. The molecule has 0 aromatic heterocycles. The van der Waals surface area contributed by atoms with Gasteiger partial charge in [0.1, 0.15) is 5.75 Å². The molecule has 0 heterocycles. The Morgan fingerprint density at radius 3 is 2.67 bits per heavy atom. The molecule has 0 bridgehead atoms. The first-order valence-electron chi connectivity index (χ1n) is 7.35. The Morgan fingerprint density at radius 1 is 1.14 bits per heavy atom. The summed E-state index contributed by atoms with van der Waals surface area (Å²) >= 11 is 3.56. The Kier molecular flexibility index (Phi) is 9.67. The Hall–Kier alpha value is -0.620. The third-order valence-electron chi connectivity index (χ3n) is 2.86. The molecule has 4 nitrogen and oxygen atoms in total. The van der Waals surface area contributed by atoms with Crippen LogP contribution in [0, 0.1) is 0 Å². The van der Waals surface area contributed by atoms with Crippen LogP contribution in [0.4, 0.5) is 0 Å². The molecule has 5 heteroatoms. The first kappa shape index (κ1) is 18.4. The molecule has 1 aromatic rings. The Bertz CT molecular complexity index is 399. The van der Waals surface area contributed by atoms with Crippen molar-refractivity contribution in [3.63, 3.8) is 0 Å². The predicted octanol–water partition coefficient (Wildman–Crippen LogP) is 3.38. The summed E-state index contributed by atoms with van der Waals surface area (Å²) in [6, 6.07) is 6.57. The molecule has 0 aliphatic rings. The second kappa shape index (κ2) is 11.0. The van der Waals surface area contributed by atoms with E-state index in [-0.39, 0.29) is 0 Å². The highest BCUT2D eigenvalue weighted by molar-refractivity contribution is 9.10. The Labute approximate surface area is 136 Å². The molecule has 0 fully saturated rings. The fraction of sp³-hybridized carbons (Fsp3) is 0.625. The highest BCUT2D eigenvalue weighted by atomic mass is 79.9. The van der Waals surface area contributed by atoms with Gasteiger partial charge in [-0.3, -0.25) is 0 Å². The van der Waals surface area contributed by atoms with Gasteiger partial charge in [0.15, 0.2) is 0 Å². The van der Waals surface area contributed by atoms with Crippen LogP contribution in [0.25, 0.3) is 0 Å². The van der Waals surface area contributed by atoms with Gasteiger partial charge >= 0.3 is 0 Å². The van der Waals surface area contributed by atoms with E-state index in [0.29, 0.717) is 32.5 Å². The third kappa shape index (κ3) is 7.81. The smallest absolute Gasteiger partial charge is 0.137 e. The van der Waals surface area contributed by atoms with E-state index in [0.717, 1.165) is 23.2 Å². The Morgan fingerprint density at radius 2 is 1.95 bits per heavy atom. The van der Waals surface area contributed by atoms with Crippen molar-refractivity contribution < 1.29 is 14.2 Å². The average Bonchev–Trinajstić information content (AvgIpc) is 2.46. The summed E-state index contributed by atoms with van der Waals surface area (Å²) in [7, 11) is 1.67. The van der Waals surface area contributed by atoms with Crippen molar-refractivity contribution in [3.8, 4) is 5.75 Å². The second-order valence-corrected chi connectivity index (χ2v) is 5.93. The van der Waals surface area contributed by atoms with Crippen molar-refractivity contribution in [2.45, 2.75) is 32.9 Å². The zero-order valence-electron chi connectivity index (χ0n) is 13.2. The summed E-state index contributed by atoms with van der Waals surface area (Å²) in [5.74, 6) is 0.919. The zero-order valence-corrected chi connectivity index (χ0v) is 14.7. The maximum atomic E-state index is 5.91. The highest BCUT2D eigenvalue weighted by Crippen LogP contribution is 2.29. The lowest BCUT2D eigenvalue weighted by Crippen LogP contribution is -2.22. The number of ether oxygens (including phenoxy) is 3. The molecule has 0 saturated heterocycles. The van der Waals surface area contributed by atoms with E-state index in [2.05, 4.69) is 41.2 Å². The van der Waals surface area contributed by atoms with Crippen molar-refractivity contribution >= 4 is 15.9 Å². The fourth-order valence-corrected chi connectivity index (χ4v) is 2.27. The van der Waals surface area contributed by atoms with E-state index in [1.807, 2.05) is 12.1 Å². The number of para-hydroxylation sites is 1. The SMILES string of the molecule is COCCOCCCOc1c(Br)cccc1CNC(C)C. The molecule has 120 valence electrons. The van der Waals surface area contributed by atoms with Gasteiger partial charge in [0.25, 0.3) is 0 Å². The van der Waals surface area contributed by atoms with Crippen molar-refractivity contribution in [2.24, 2.45) is 0 Å². The lowest BCUT2D eigenvalue weighted by molar-refractivity contribution is 0.0643. The fourth-order valence-electron chi connectivity index (χ4n) is 1.75. The lowest BCUT2D eigenvalue weighted by atomic mass is 10.2. The van der Waals surface area contributed by atoms with Crippen LogP contribution in [0.1, 0.15) is 25.8 Å². The quantitative estimate of drug-likeness (QED) is 0.614. The van der Waals surface area contributed by atoms with Crippen LogP contribution in [0.2, 0.25) is 0 Å². The van der Waals surface area contributed by atoms with Crippen LogP contribution in [0.15, 0.2) is 22.7 Å². The second-order valence-electron chi connectivity index (χ2n) is 5.07. The summed E-state index contributed by atoms with van der Waals surface area (Å²) in [5, 5.41) is 3.41. The number of hydrogen-bond acceptors (Lipinski definition) is 4. The number of rotatable bonds is 11. The molecule has 0 atom stereocenters. The minimum Gasteiger partial charge on any atom is -0.492 e. The van der Waals surface area contributed by atoms with E-state index in [1.165, 1.54) is 5.56 Å². The molecular formula is C16H26BrNO3. The standard InChI is InChI=1S/C16H26BrNO3/c1-13(2)18-12-14-6-4-7-15(17)16(14)21-9-5-8-20-11-10-19-3/h4,6-7,13,18H,5,8-12H2,1-3H3. The molecule has 0 saturated carbocycles. The molecule has 21 heavy (non-hydrogen) atoms. The Balaban J connectivity index is 2.38. The van der Waals surface area contributed by atoms with Gasteiger partial charge in [-0.25, -0.2) is 0 Å². The number of hydrogen-bond donors (Lipinski definition) is 1. The van der Waals surface area contributed by atoms with Crippen molar-refractivity contribution in [1.29, 1.82) is 0 Å². The number of nitrogens with one attached hydrogen (secondary N) is 1. The zero-order chi connectivity index (χ0) is 15.5. The van der Waals surface area contributed by atoms with Crippen LogP contribution < -0.4 is 10.1 Å². The summed E-state index contributed by atoms with van der Waals surface area (Å²) in [5.41, 5.74) is 1.17. The highest BCUT2D eigenvalue weighted by Gasteiger charge is 2.08. The molecule has 0 aliphatic carbocycles. The van der Waals surface area contributed by atoms with E-state index in [9.17, 15) is 0 Å². The number of benzene rings is 1. The molecule has 0 radical (unpaired) electrons. The molecule has 0 unspecified atom stereocenters. The minimum absolute atomic E-state index is 0.450. The molecule has 1 rings (SSSR count). The topological polar surface area (TPSA) is 39.7 Å². The van der Waals surface area contributed by atoms with E-state index in [1.54, 1.807) is 7.11 Å². The summed E-state index contributed by atoms with van der Waals surface area (Å²) in [6.07, 6.45) is 0.863. The van der Waals surface area contributed by atoms with Gasteiger partial charge in [-0.15, -0.1) is 0 Å². The van der Waals surface area contributed by atoms with Crippen LogP contribution in [0.3, 0.4) is 0 Å². The summed E-state index contributed by atoms with van der Waals surface area (Å²) in [4.78, 5) is 0. The largest absolute Gasteiger partial charge is 0.492 e. The predicted molar refractivity (Wildman–Crippen MR) is 88.9 cm³/mol. The molecular weight excluding hydrogens is 334 g/mol. The van der Waals surface area contributed by atoms with Gasteiger partial charge < -0.3 is 19.5 Å². The first-order valence-corrected chi connectivity index (χ1v) is 8.14. The van der Waals surface area contributed by atoms with Crippen LogP contribution in [0.5, 0.6) is 5.75 Å². The third-order valence-corrected chi connectivity index (χ3v) is 3.48. The molecule has 1 N–H and O–H groups in total. The van der Waals surface area contributed by atoms with Crippen LogP contribution >= 0.6 is 15.9 Å². The maximum Gasteiger partial charge on any atom is 0.137 e. The van der Waals surface area contributed by atoms with Crippen LogP contribution in [-0.4, -0.2) is 39.6 Å². The van der Waals surface area contributed by atoms with Gasteiger partial charge in [-0.1, -0.05) is 26.0 Å². The van der Waals surface area contributed by atoms with Gasteiger partial charge in [0.05, 0.1) is 24.3 Å².